The number of nitrogens with zero attached hydrogens (tertiary/aromatic N) is 3. The van der Waals surface area contributed by atoms with Crippen LogP contribution in [-0.2, 0) is 0 Å². The lowest BCUT2D eigenvalue weighted by atomic mass is 10.1. The minimum atomic E-state index is 0.279. The fraction of sp³-hybridized carbons (Fsp3) is 0. The van der Waals surface area contributed by atoms with Crippen molar-refractivity contribution in [1.29, 1.82) is 0 Å². The van der Waals surface area contributed by atoms with E-state index in [4.69, 9.17) is 22.1 Å². The summed E-state index contributed by atoms with van der Waals surface area (Å²) in [6.07, 6.45) is 4.89. The minimum Gasteiger partial charge on any atom is -0.424 e. The Kier molecular flexibility index (Phi) is 3.66. The van der Waals surface area contributed by atoms with Crippen LogP contribution < -0.4 is 10.5 Å². The van der Waals surface area contributed by atoms with Gasteiger partial charge in [0.1, 0.15) is 11.6 Å². The van der Waals surface area contributed by atoms with Crippen LogP contribution in [0.15, 0.2) is 55.0 Å². The third-order valence-corrected chi connectivity index (χ3v) is 3.12. The Morgan fingerprint density at radius 3 is 2.52 bits per heavy atom. The first-order chi connectivity index (χ1) is 10.2. The first-order valence-electron chi connectivity index (χ1n) is 6.19. The van der Waals surface area contributed by atoms with Gasteiger partial charge in [-0.15, -0.1) is 0 Å². The second-order valence-electron chi connectivity index (χ2n) is 4.25. The van der Waals surface area contributed by atoms with Gasteiger partial charge in [0.15, 0.2) is 0 Å². The molecule has 0 aliphatic rings. The van der Waals surface area contributed by atoms with Gasteiger partial charge < -0.3 is 10.5 Å². The van der Waals surface area contributed by atoms with Gasteiger partial charge in [-0.3, -0.25) is 0 Å². The lowest BCUT2D eigenvalue weighted by Gasteiger charge is -2.08. The molecular formula is C15H11ClN4O. The molecule has 0 spiro atoms. The highest BCUT2D eigenvalue weighted by molar-refractivity contribution is 6.33. The third kappa shape index (κ3) is 3.09. The first-order valence-corrected chi connectivity index (χ1v) is 6.56. The van der Waals surface area contributed by atoms with Crippen molar-refractivity contribution in [1.82, 2.24) is 15.0 Å². The number of halogens is 1. The van der Waals surface area contributed by atoms with E-state index in [1.807, 2.05) is 12.1 Å². The average molecular weight is 299 g/mol. The molecule has 0 radical (unpaired) electrons. The van der Waals surface area contributed by atoms with E-state index in [1.54, 1.807) is 42.9 Å². The lowest BCUT2D eigenvalue weighted by molar-refractivity contribution is 0.442. The van der Waals surface area contributed by atoms with Crippen molar-refractivity contribution in [2.75, 3.05) is 5.73 Å². The Morgan fingerprint density at radius 2 is 1.81 bits per heavy atom. The van der Waals surface area contributed by atoms with Crippen LogP contribution in [0.2, 0.25) is 5.02 Å². The second kappa shape index (κ2) is 5.76. The number of ether oxygens (including phenoxy) is 1. The molecule has 0 amide bonds. The summed E-state index contributed by atoms with van der Waals surface area (Å²) >= 11 is 6.23. The molecule has 104 valence electrons. The Hall–Kier alpha value is -2.66. The number of anilines is 1. The van der Waals surface area contributed by atoms with E-state index in [0.29, 0.717) is 16.6 Å². The van der Waals surface area contributed by atoms with Crippen molar-refractivity contribution >= 4 is 17.4 Å². The number of nitrogen functional groups attached to an aromatic ring is 1. The normalized spacial score (nSPS) is 10.3. The van der Waals surface area contributed by atoms with Gasteiger partial charge in [0.25, 0.3) is 0 Å². The molecule has 0 bridgehead atoms. The molecule has 0 fully saturated rings. The number of hydrogen-bond acceptors (Lipinski definition) is 5. The molecule has 0 saturated carbocycles. The maximum absolute atomic E-state index is 6.23. The molecule has 21 heavy (non-hydrogen) atoms. The van der Waals surface area contributed by atoms with E-state index in [2.05, 4.69) is 15.0 Å². The van der Waals surface area contributed by atoms with Gasteiger partial charge in [0.2, 0.25) is 0 Å². The Balaban J connectivity index is 1.94. The highest BCUT2D eigenvalue weighted by Crippen LogP contribution is 2.32. The molecule has 2 N–H and O–H groups in total. The molecule has 0 saturated heterocycles. The summed E-state index contributed by atoms with van der Waals surface area (Å²) in [6.45, 7) is 0. The van der Waals surface area contributed by atoms with Crippen LogP contribution in [0.1, 0.15) is 0 Å². The van der Waals surface area contributed by atoms with Crippen molar-refractivity contribution < 1.29 is 4.74 Å². The number of hydrogen-bond donors (Lipinski definition) is 1. The third-order valence-electron chi connectivity index (χ3n) is 2.79. The molecule has 1 aromatic carbocycles. The minimum absolute atomic E-state index is 0.279. The Bertz CT molecular complexity index is 747. The number of rotatable bonds is 3. The lowest BCUT2D eigenvalue weighted by Crippen LogP contribution is -1.92. The standard InChI is InChI=1S/C15H11ClN4O/c16-13-4-3-11(21-15-18-6-1-7-19-15)8-12(13)10-2-5-14(17)20-9-10/h1-9H,(H2,17,20). The van der Waals surface area contributed by atoms with E-state index in [9.17, 15) is 0 Å². The number of benzene rings is 1. The van der Waals surface area contributed by atoms with E-state index in [1.165, 1.54) is 0 Å². The van der Waals surface area contributed by atoms with E-state index < -0.39 is 0 Å². The summed E-state index contributed by atoms with van der Waals surface area (Å²) in [5.41, 5.74) is 7.25. The average Bonchev–Trinajstić information content (AvgIpc) is 2.51. The highest BCUT2D eigenvalue weighted by Gasteiger charge is 2.07. The van der Waals surface area contributed by atoms with Crippen molar-refractivity contribution in [3.8, 4) is 22.9 Å². The van der Waals surface area contributed by atoms with Gasteiger partial charge in [-0.25, -0.2) is 15.0 Å². The monoisotopic (exact) mass is 298 g/mol. The van der Waals surface area contributed by atoms with Crippen LogP contribution in [0, 0.1) is 0 Å². The number of pyridine rings is 1. The fourth-order valence-corrected chi connectivity index (χ4v) is 2.02. The van der Waals surface area contributed by atoms with Crippen LogP contribution in [0.3, 0.4) is 0 Å². The Labute approximate surface area is 126 Å². The molecule has 3 aromatic rings. The van der Waals surface area contributed by atoms with Gasteiger partial charge in [0.05, 0.1) is 0 Å². The summed E-state index contributed by atoms with van der Waals surface area (Å²) in [5.74, 6) is 1.05. The molecule has 5 nitrogen and oxygen atoms in total. The van der Waals surface area contributed by atoms with Crippen molar-refractivity contribution in [3.05, 3.63) is 60.0 Å². The zero-order valence-electron chi connectivity index (χ0n) is 10.9. The van der Waals surface area contributed by atoms with E-state index >= 15 is 0 Å². The molecule has 2 aromatic heterocycles. The first kappa shape index (κ1) is 13.3. The van der Waals surface area contributed by atoms with E-state index in [0.717, 1.165) is 11.1 Å². The summed E-state index contributed by atoms with van der Waals surface area (Å²) in [4.78, 5) is 12.1. The maximum atomic E-state index is 6.23. The molecule has 0 unspecified atom stereocenters. The maximum Gasteiger partial charge on any atom is 0.321 e. The van der Waals surface area contributed by atoms with E-state index in [-0.39, 0.29) is 6.01 Å². The van der Waals surface area contributed by atoms with Gasteiger partial charge in [0, 0.05) is 34.7 Å². The molecular weight excluding hydrogens is 288 g/mol. The van der Waals surface area contributed by atoms with Crippen LogP contribution in [-0.4, -0.2) is 15.0 Å². The van der Waals surface area contributed by atoms with Gasteiger partial charge in [-0.05, 0) is 36.4 Å². The molecule has 0 aliphatic heterocycles. The van der Waals surface area contributed by atoms with Gasteiger partial charge >= 0.3 is 6.01 Å². The quantitative estimate of drug-likeness (QED) is 0.800. The molecule has 0 aliphatic carbocycles. The number of nitrogens with two attached hydrogens (primary N) is 1. The highest BCUT2D eigenvalue weighted by atomic mass is 35.5. The largest absolute Gasteiger partial charge is 0.424 e. The zero-order valence-corrected chi connectivity index (χ0v) is 11.7. The number of aromatic nitrogens is 3. The van der Waals surface area contributed by atoms with Crippen molar-refractivity contribution in [3.63, 3.8) is 0 Å². The molecule has 2 heterocycles. The van der Waals surface area contributed by atoms with Crippen molar-refractivity contribution in [2.24, 2.45) is 0 Å². The van der Waals surface area contributed by atoms with Crippen molar-refractivity contribution in [2.45, 2.75) is 0 Å². The van der Waals surface area contributed by atoms with Crippen LogP contribution >= 0.6 is 11.6 Å². The smallest absolute Gasteiger partial charge is 0.321 e. The Morgan fingerprint density at radius 1 is 1.00 bits per heavy atom. The van der Waals surface area contributed by atoms with Crippen LogP contribution in [0.4, 0.5) is 5.82 Å². The predicted octanol–water partition coefficient (Wildman–Crippen LogP) is 3.57. The SMILES string of the molecule is Nc1ccc(-c2cc(Oc3ncccn3)ccc2Cl)cn1. The topological polar surface area (TPSA) is 73.9 Å². The summed E-state index contributed by atoms with van der Waals surface area (Å²) in [5, 5.41) is 0.600. The predicted molar refractivity (Wildman–Crippen MR) is 81.2 cm³/mol. The molecule has 3 rings (SSSR count). The van der Waals surface area contributed by atoms with Gasteiger partial charge in [-0.1, -0.05) is 11.6 Å². The van der Waals surface area contributed by atoms with Crippen LogP contribution in [0.25, 0.3) is 11.1 Å². The molecule has 0 atom stereocenters. The molecule has 6 heteroatoms. The summed E-state index contributed by atoms with van der Waals surface area (Å²) < 4.78 is 5.59. The fourth-order valence-electron chi connectivity index (χ4n) is 1.80. The van der Waals surface area contributed by atoms with Crippen LogP contribution in [0.5, 0.6) is 11.8 Å². The summed E-state index contributed by atoms with van der Waals surface area (Å²) in [6, 6.07) is 10.9. The van der Waals surface area contributed by atoms with Gasteiger partial charge in [-0.2, -0.15) is 0 Å². The zero-order chi connectivity index (χ0) is 14.7. The summed E-state index contributed by atoms with van der Waals surface area (Å²) in [7, 11) is 0. The second-order valence-corrected chi connectivity index (χ2v) is 4.65.